The Labute approximate surface area is 113 Å². The van der Waals surface area contributed by atoms with E-state index in [1.807, 2.05) is 0 Å². The van der Waals surface area contributed by atoms with Gasteiger partial charge >= 0.3 is 15.2 Å². The second kappa shape index (κ2) is 7.86. The van der Waals surface area contributed by atoms with E-state index >= 15 is 0 Å². The molecule has 116 valence electrons. The average molecular weight is 320 g/mol. The predicted molar refractivity (Wildman–Crippen MR) is 69.4 cm³/mol. The summed E-state index contributed by atoms with van der Waals surface area (Å²) in [6.45, 7) is -0.902. The summed E-state index contributed by atoms with van der Waals surface area (Å²) in [5.41, 5.74) is 0. The van der Waals surface area contributed by atoms with Gasteiger partial charge < -0.3 is 28.3 Å². The van der Waals surface area contributed by atoms with Crippen molar-refractivity contribution in [1.29, 1.82) is 0 Å². The molecule has 0 aromatic carbocycles. The number of aliphatic hydroxyl groups is 2. The lowest BCUT2D eigenvalue weighted by atomic mass is 10.2. The largest absolute Gasteiger partial charge is 0.396 e. The summed E-state index contributed by atoms with van der Waals surface area (Å²) in [7, 11) is -3.37. The van der Waals surface area contributed by atoms with Gasteiger partial charge in [0.05, 0.1) is 0 Å². The van der Waals surface area contributed by atoms with Crippen LogP contribution in [-0.2, 0) is 27.2 Å². The van der Waals surface area contributed by atoms with E-state index in [0.29, 0.717) is 0 Å². The summed E-state index contributed by atoms with van der Waals surface area (Å²) in [5, 5.41) is 18.4. The van der Waals surface area contributed by atoms with Crippen LogP contribution >= 0.6 is 15.2 Å². The van der Waals surface area contributed by atoms with Gasteiger partial charge in [-0.25, -0.2) is 0 Å². The molecule has 0 rings (SSSR count). The highest BCUT2D eigenvalue weighted by atomic mass is 31.2. The van der Waals surface area contributed by atoms with Gasteiger partial charge in [0.2, 0.25) is 0 Å². The van der Waals surface area contributed by atoms with Gasteiger partial charge in [0.25, 0.3) is 0 Å². The molecule has 0 amide bonds. The highest BCUT2D eigenvalue weighted by Gasteiger charge is 2.63. The van der Waals surface area contributed by atoms with Gasteiger partial charge in [-0.1, -0.05) is 0 Å². The van der Waals surface area contributed by atoms with Crippen LogP contribution < -0.4 is 0 Å². The van der Waals surface area contributed by atoms with Crippen LogP contribution in [0.3, 0.4) is 0 Å². The number of hydrogen-bond donors (Lipinski definition) is 2. The second-order valence-electron chi connectivity index (χ2n) is 3.65. The topological polar surface area (TPSA) is 112 Å². The first-order valence-corrected chi connectivity index (χ1v) is 8.60. The van der Waals surface area contributed by atoms with Crippen molar-refractivity contribution in [3.63, 3.8) is 0 Å². The van der Waals surface area contributed by atoms with E-state index in [1.54, 1.807) is 0 Å². The van der Waals surface area contributed by atoms with E-state index in [0.717, 1.165) is 28.4 Å². The summed E-state index contributed by atoms with van der Waals surface area (Å²) >= 11 is 0. The van der Waals surface area contributed by atoms with Crippen LogP contribution in [0.2, 0.25) is 0 Å². The quantitative estimate of drug-likeness (QED) is 0.581. The molecule has 0 heterocycles. The molecule has 10 heteroatoms. The zero-order valence-corrected chi connectivity index (χ0v) is 13.4. The number of rotatable bonds is 10. The van der Waals surface area contributed by atoms with Crippen molar-refractivity contribution < 1.29 is 37.4 Å². The zero-order valence-electron chi connectivity index (χ0n) is 11.6. The third-order valence-corrected chi connectivity index (χ3v) is 9.33. The smallest absolute Gasteiger partial charge is 0.348 e. The average Bonchev–Trinajstić information content (AvgIpc) is 2.44. The first-order valence-electron chi connectivity index (χ1n) is 5.52. The maximum Gasteiger partial charge on any atom is 0.348 e. The molecule has 19 heavy (non-hydrogen) atoms. The minimum Gasteiger partial charge on any atom is -0.396 e. The Hall–Kier alpha value is 0.220. The molecule has 0 radical (unpaired) electrons. The lowest BCUT2D eigenvalue weighted by Crippen LogP contribution is -2.34. The summed E-state index contributed by atoms with van der Waals surface area (Å²) in [6, 6.07) is 0. The fraction of sp³-hybridized carbons (Fsp3) is 1.00. The normalized spacial score (nSPS) is 13.8. The Balaban J connectivity index is 6.09. The minimum atomic E-state index is -3.94. The van der Waals surface area contributed by atoms with E-state index in [1.165, 1.54) is 0 Å². The molecule has 0 aliphatic rings. The van der Waals surface area contributed by atoms with Gasteiger partial charge in [0.1, 0.15) is 0 Å². The SMILES string of the molecule is COP(=O)(OC)C(CCO)(CCO)P(=O)(OC)OC. The van der Waals surface area contributed by atoms with Crippen molar-refractivity contribution in [2.75, 3.05) is 41.7 Å². The molecule has 0 fully saturated rings. The van der Waals surface area contributed by atoms with Crippen molar-refractivity contribution >= 4 is 15.2 Å². The molecule has 0 aliphatic heterocycles. The van der Waals surface area contributed by atoms with E-state index < -0.39 is 33.3 Å². The molecule has 0 unspecified atom stereocenters. The van der Waals surface area contributed by atoms with Crippen LogP contribution in [0.4, 0.5) is 0 Å². The van der Waals surface area contributed by atoms with Crippen molar-refractivity contribution in [1.82, 2.24) is 0 Å². The number of hydrogen-bond acceptors (Lipinski definition) is 8. The molecule has 0 spiro atoms. The fourth-order valence-corrected chi connectivity index (χ4v) is 7.34. The highest BCUT2D eigenvalue weighted by Crippen LogP contribution is 2.79. The van der Waals surface area contributed by atoms with E-state index in [9.17, 15) is 19.3 Å². The van der Waals surface area contributed by atoms with Crippen LogP contribution in [0.15, 0.2) is 0 Å². The van der Waals surface area contributed by atoms with Crippen LogP contribution in [0.5, 0.6) is 0 Å². The van der Waals surface area contributed by atoms with Crippen LogP contribution in [0, 0.1) is 0 Å². The molecule has 2 N–H and O–H groups in total. The summed E-state index contributed by atoms with van der Waals surface area (Å²) in [5.74, 6) is 0. The molecule has 8 nitrogen and oxygen atoms in total. The first kappa shape index (κ1) is 19.2. The molecule has 0 saturated heterocycles. The van der Waals surface area contributed by atoms with E-state index in [-0.39, 0.29) is 12.8 Å². The lowest BCUT2D eigenvalue weighted by molar-refractivity contribution is 0.181. The maximum absolute atomic E-state index is 12.7. The van der Waals surface area contributed by atoms with Gasteiger partial charge in [0.15, 0.2) is 4.90 Å². The third kappa shape index (κ3) is 3.28. The summed E-state index contributed by atoms with van der Waals surface area (Å²) < 4.78 is 45.0. The van der Waals surface area contributed by atoms with Gasteiger partial charge in [-0.05, 0) is 12.8 Å². The standard InChI is InChI=1S/C9H22O8P2/c1-14-18(12,15-2)9(5-7-10,6-8-11)19(13,16-3)17-4/h10-11H,5-8H2,1-4H3. The Morgan fingerprint density at radius 3 is 1.21 bits per heavy atom. The summed E-state index contributed by atoms with van der Waals surface area (Å²) in [6.07, 6.45) is -0.461. The van der Waals surface area contributed by atoms with Gasteiger partial charge in [-0.15, -0.1) is 0 Å². The lowest BCUT2D eigenvalue weighted by Gasteiger charge is -2.40. The Bertz CT molecular complexity index is 308. The molecule has 0 aromatic heterocycles. The van der Waals surface area contributed by atoms with E-state index in [2.05, 4.69) is 0 Å². The minimum absolute atomic E-state index is 0.231. The monoisotopic (exact) mass is 320 g/mol. The second-order valence-corrected chi connectivity index (χ2v) is 9.17. The van der Waals surface area contributed by atoms with Gasteiger partial charge in [-0.3, -0.25) is 9.13 Å². The van der Waals surface area contributed by atoms with Crippen LogP contribution in [-0.4, -0.2) is 56.8 Å². The first-order chi connectivity index (χ1) is 8.86. The molecule has 0 bridgehead atoms. The van der Waals surface area contributed by atoms with Gasteiger partial charge in [-0.2, -0.15) is 0 Å². The molecule has 0 aliphatic carbocycles. The Kier molecular flexibility index (Phi) is 7.95. The third-order valence-electron chi connectivity index (χ3n) is 3.01. The Morgan fingerprint density at radius 1 is 0.789 bits per heavy atom. The van der Waals surface area contributed by atoms with Crippen molar-refractivity contribution in [2.24, 2.45) is 0 Å². The van der Waals surface area contributed by atoms with Crippen LogP contribution in [0.25, 0.3) is 0 Å². The molecule has 0 aromatic rings. The molecular formula is C9H22O8P2. The van der Waals surface area contributed by atoms with Gasteiger partial charge in [0, 0.05) is 41.7 Å². The van der Waals surface area contributed by atoms with Crippen molar-refractivity contribution in [2.45, 2.75) is 17.7 Å². The Morgan fingerprint density at radius 2 is 1.05 bits per heavy atom. The van der Waals surface area contributed by atoms with Crippen molar-refractivity contribution in [3.05, 3.63) is 0 Å². The maximum atomic E-state index is 12.7. The summed E-state index contributed by atoms with van der Waals surface area (Å²) in [4.78, 5) is -1.77. The highest BCUT2D eigenvalue weighted by molar-refractivity contribution is 7.74. The number of aliphatic hydroxyl groups excluding tert-OH is 2. The van der Waals surface area contributed by atoms with Crippen molar-refractivity contribution in [3.8, 4) is 0 Å². The van der Waals surface area contributed by atoms with E-state index in [4.69, 9.17) is 18.1 Å². The fourth-order valence-electron chi connectivity index (χ4n) is 2.01. The molecule has 0 atom stereocenters. The molecule has 0 saturated carbocycles. The zero-order chi connectivity index (χ0) is 15.2. The van der Waals surface area contributed by atoms with Crippen LogP contribution in [0.1, 0.15) is 12.8 Å². The predicted octanol–water partition coefficient (Wildman–Crippen LogP) is 1.42. The molecular weight excluding hydrogens is 298 g/mol.